The van der Waals surface area contributed by atoms with Crippen molar-refractivity contribution in [3.63, 3.8) is 0 Å². The van der Waals surface area contributed by atoms with Crippen molar-refractivity contribution in [2.75, 3.05) is 0 Å². The lowest BCUT2D eigenvalue weighted by Gasteiger charge is -2.11. The molecule has 0 aliphatic heterocycles. The summed E-state index contributed by atoms with van der Waals surface area (Å²) < 4.78 is 1.06. The molecule has 0 radical (unpaired) electrons. The normalized spacial score (nSPS) is 11.4. The Kier molecular flexibility index (Phi) is 6.35. The molecule has 9 heteroatoms. The lowest BCUT2D eigenvalue weighted by Crippen LogP contribution is -2.34. The van der Waals surface area contributed by atoms with Crippen molar-refractivity contribution in [2.24, 2.45) is 5.10 Å². The molecule has 138 valence electrons. The first-order valence-corrected chi connectivity index (χ1v) is 8.40. The van der Waals surface area contributed by atoms with Gasteiger partial charge in [0.05, 0.1) is 16.3 Å². The Bertz CT molecular complexity index is 962. The van der Waals surface area contributed by atoms with E-state index in [1.807, 2.05) is 6.92 Å². The van der Waals surface area contributed by atoms with Crippen LogP contribution in [0, 0.1) is 0 Å². The van der Waals surface area contributed by atoms with Crippen molar-refractivity contribution in [1.29, 1.82) is 0 Å². The molecule has 26 heavy (non-hydrogen) atoms. The highest BCUT2D eigenvalue weighted by Crippen LogP contribution is 2.15. The van der Waals surface area contributed by atoms with E-state index in [9.17, 15) is 19.5 Å². The van der Waals surface area contributed by atoms with Crippen LogP contribution in [0.5, 0.6) is 5.88 Å². The van der Waals surface area contributed by atoms with Crippen molar-refractivity contribution in [3.05, 3.63) is 61.3 Å². The highest BCUT2D eigenvalue weighted by Gasteiger charge is 2.17. The molecule has 0 saturated heterocycles. The van der Waals surface area contributed by atoms with Gasteiger partial charge in [0.2, 0.25) is 5.88 Å². The topological polar surface area (TPSA) is 117 Å². The number of unbranched alkanes of at least 4 members (excludes halogenated alkanes) is 1. The number of rotatable bonds is 6. The van der Waals surface area contributed by atoms with E-state index < -0.39 is 23.0 Å². The Morgan fingerprint density at radius 3 is 2.69 bits per heavy atom. The van der Waals surface area contributed by atoms with Gasteiger partial charge in [-0.1, -0.05) is 37.1 Å². The van der Waals surface area contributed by atoms with Gasteiger partial charge >= 0.3 is 5.69 Å². The van der Waals surface area contributed by atoms with Crippen LogP contribution in [0.25, 0.3) is 0 Å². The van der Waals surface area contributed by atoms with E-state index in [0.717, 1.165) is 11.0 Å². The van der Waals surface area contributed by atoms with E-state index in [1.165, 1.54) is 13.0 Å². The maximum Gasteiger partial charge on any atom is 0.331 e. The van der Waals surface area contributed by atoms with Gasteiger partial charge in [0, 0.05) is 6.54 Å². The van der Waals surface area contributed by atoms with Crippen molar-refractivity contribution in [3.8, 4) is 5.88 Å². The molecular weight excluding hydrogens is 360 g/mol. The molecule has 1 heterocycles. The Labute approximate surface area is 154 Å². The molecule has 2 rings (SSSR count). The second-order valence-corrected chi connectivity index (χ2v) is 5.99. The summed E-state index contributed by atoms with van der Waals surface area (Å²) in [6.45, 7) is 3.63. The molecule has 3 N–H and O–H groups in total. The summed E-state index contributed by atoms with van der Waals surface area (Å²) in [5.41, 5.74) is 0.892. The number of hydrazone groups is 1. The van der Waals surface area contributed by atoms with Crippen LogP contribution in [0.1, 0.15) is 42.6 Å². The van der Waals surface area contributed by atoms with E-state index in [1.54, 1.807) is 18.2 Å². The second-order valence-electron chi connectivity index (χ2n) is 5.58. The van der Waals surface area contributed by atoms with Gasteiger partial charge in [0.15, 0.2) is 0 Å². The minimum absolute atomic E-state index is 0.0504. The van der Waals surface area contributed by atoms with Gasteiger partial charge in [-0.05, 0) is 25.5 Å². The number of nitrogens with zero attached hydrogens (tertiary/aromatic N) is 2. The molecule has 2 aromatic rings. The van der Waals surface area contributed by atoms with Gasteiger partial charge in [-0.25, -0.2) is 10.2 Å². The quantitative estimate of drug-likeness (QED) is 0.525. The number of aromatic nitrogens is 2. The first kappa shape index (κ1) is 19.5. The molecule has 0 unspecified atom stereocenters. The van der Waals surface area contributed by atoms with Crippen molar-refractivity contribution < 1.29 is 9.90 Å². The molecule has 0 aliphatic rings. The zero-order valence-corrected chi connectivity index (χ0v) is 15.1. The van der Waals surface area contributed by atoms with Gasteiger partial charge in [-0.15, -0.1) is 0 Å². The van der Waals surface area contributed by atoms with E-state index in [-0.39, 0.29) is 28.4 Å². The van der Waals surface area contributed by atoms with Crippen molar-refractivity contribution in [1.82, 2.24) is 15.0 Å². The molecule has 0 aliphatic carbocycles. The maximum absolute atomic E-state index is 12.1. The first-order valence-electron chi connectivity index (χ1n) is 8.02. The summed E-state index contributed by atoms with van der Waals surface area (Å²) in [5, 5.41) is 14.4. The summed E-state index contributed by atoms with van der Waals surface area (Å²) in [5.74, 6) is -1.05. The number of carbonyl (C=O) groups is 1. The highest BCUT2D eigenvalue weighted by molar-refractivity contribution is 6.33. The molecule has 0 atom stereocenters. The Morgan fingerprint density at radius 2 is 2.04 bits per heavy atom. The minimum atomic E-state index is -0.784. The number of aromatic hydroxyl groups is 1. The molecule has 1 aromatic heterocycles. The predicted molar refractivity (Wildman–Crippen MR) is 99.0 cm³/mol. The van der Waals surface area contributed by atoms with E-state index in [2.05, 4.69) is 15.5 Å². The fourth-order valence-electron chi connectivity index (χ4n) is 2.31. The number of benzene rings is 1. The van der Waals surface area contributed by atoms with Crippen LogP contribution in [-0.2, 0) is 6.54 Å². The lowest BCUT2D eigenvalue weighted by molar-refractivity contribution is 0.0955. The van der Waals surface area contributed by atoms with Crippen LogP contribution in [0.4, 0.5) is 0 Å². The number of halogens is 1. The Morgan fingerprint density at radius 1 is 1.35 bits per heavy atom. The molecule has 0 saturated carbocycles. The second kappa shape index (κ2) is 8.48. The monoisotopic (exact) mass is 378 g/mol. The number of aromatic amines is 1. The zero-order valence-electron chi connectivity index (χ0n) is 14.4. The Hall–Kier alpha value is -2.87. The summed E-state index contributed by atoms with van der Waals surface area (Å²) in [6, 6.07) is 6.42. The van der Waals surface area contributed by atoms with Gasteiger partial charge in [-0.3, -0.25) is 19.1 Å². The third kappa shape index (κ3) is 4.20. The van der Waals surface area contributed by atoms with Crippen molar-refractivity contribution in [2.45, 2.75) is 33.2 Å². The first-order chi connectivity index (χ1) is 12.4. The largest absolute Gasteiger partial charge is 0.494 e. The number of nitrogens with one attached hydrogen (secondary N) is 2. The summed E-state index contributed by atoms with van der Waals surface area (Å²) in [7, 11) is 0. The summed E-state index contributed by atoms with van der Waals surface area (Å²) in [4.78, 5) is 38.2. The molecule has 0 fully saturated rings. The van der Waals surface area contributed by atoms with Crippen molar-refractivity contribution >= 4 is 23.2 Å². The minimum Gasteiger partial charge on any atom is -0.494 e. The molecule has 0 bridgehead atoms. The molecule has 1 aromatic carbocycles. The van der Waals surface area contributed by atoms with Gasteiger partial charge in [-0.2, -0.15) is 5.10 Å². The fraction of sp³-hybridized carbons (Fsp3) is 0.294. The number of hydrogen-bond acceptors (Lipinski definition) is 5. The SMILES string of the molecule is CCCCn1c(O)c(C(C)=NNC(=O)c2ccccc2Cl)c(=O)[nH]c1=O. The zero-order chi connectivity index (χ0) is 19.3. The highest BCUT2D eigenvalue weighted by atomic mass is 35.5. The van der Waals surface area contributed by atoms with Crippen LogP contribution in [0.2, 0.25) is 5.02 Å². The molecular formula is C17H19ClN4O4. The van der Waals surface area contributed by atoms with E-state index in [0.29, 0.717) is 6.42 Å². The van der Waals surface area contributed by atoms with Gasteiger partial charge in [0.1, 0.15) is 5.56 Å². The Balaban J connectivity index is 2.34. The van der Waals surface area contributed by atoms with Crippen LogP contribution >= 0.6 is 11.6 Å². The standard InChI is InChI=1S/C17H19ClN4O4/c1-3-4-9-22-16(25)13(15(24)19-17(22)26)10(2)20-21-14(23)11-7-5-6-8-12(11)18/h5-8,25H,3-4,9H2,1-2H3,(H,21,23)(H,19,24,26). The number of H-pyrrole nitrogens is 1. The van der Waals surface area contributed by atoms with E-state index >= 15 is 0 Å². The van der Waals surface area contributed by atoms with Gasteiger partial charge in [0.25, 0.3) is 11.5 Å². The third-order valence-corrected chi connectivity index (χ3v) is 4.04. The average Bonchev–Trinajstić information content (AvgIpc) is 2.59. The summed E-state index contributed by atoms with van der Waals surface area (Å²) in [6.07, 6.45) is 1.46. The van der Waals surface area contributed by atoms with Crippen LogP contribution in [0.15, 0.2) is 39.0 Å². The third-order valence-electron chi connectivity index (χ3n) is 3.71. The number of hydrogen-bond donors (Lipinski definition) is 3. The fourth-order valence-corrected chi connectivity index (χ4v) is 2.53. The predicted octanol–water partition coefficient (Wildman–Crippen LogP) is 1.85. The maximum atomic E-state index is 12.1. The molecule has 0 spiro atoms. The summed E-state index contributed by atoms with van der Waals surface area (Å²) >= 11 is 5.95. The smallest absolute Gasteiger partial charge is 0.331 e. The lowest BCUT2D eigenvalue weighted by atomic mass is 10.2. The number of carbonyl (C=O) groups excluding carboxylic acids is 1. The average molecular weight is 379 g/mol. The van der Waals surface area contributed by atoms with Crippen LogP contribution in [-0.4, -0.2) is 26.3 Å². The van der Waals surface area contributed by atoms with Crippen LogP contribution in [0.3, 0.4) is 0 Å². The molecule has 1 amide bonds. The van der Waals surface area contributed by atoms with E-state index in [4.69, 9.17) is 11.6 Å². The van der Waals surface area contributed by atoms with Crippen LogP contribution < -0.4 is 16.7 Å². The van der Waals surface area contributed by atoms with Gasteiger partial charge < -0.3 is 5.11 Å². The number of amides is 1. The molecule has 8 nitrogen and oxygen atoms in total.